The number of hydrogen-bond acceptors (Lipinski definition) is 0. The Kier molecular flexibility index (Phi) is 5.70. The molecule has 0 aromatic rings. The van der Waals surface area contributed by atoms with Crippen LogP contribution in [0.3, 0.4) is 0 Å². The van der Waals surface area contributed by atoms with Crippen LogP contribution in [0.1, 0.15) is 44.9 Å². The molecule has 0 atom stereocenters. The maximum Gasteiger partial charge on any atom is -0.0348 e. The van der Waals surface area contributed by atoms with Crippen LogP contribution in [0.15, 0.2) is 24.3 Å². The van der Waals surface area contributed by atoms with Crippen LogP contribution in [-0.4, -0.2) is 0 Å². The van der Waals surface area contributed by atoms with Gasteiger partial charge in [-0.25, -0.2) is 0 Å². The Morgan fingerprint density at radius 2 is 1.00 bits per heavy atom. The standard InChI is InChI=1S/C12H19/c1-2-4-6-8-10-12-11-9-7-5-3-1/h1-2,7,10,12H,3-6,8-9,11H2/b2-1-,12-10-. The van der Waals surface area contributed by atoms with Gasteiger partial charge in [0.1, 0.15) is 0 Å². The zero-order valence-corrected chi connectivity index (χ0v) is 7.84. The van der Waals surface area contributed by atoms with E-state index in [0.29, 0.717) is 0 Å². The van der Waals surface area contributed by atoms with Crippen molar-refractivity contribution >= 4 is 0 Å². The van der Waals surface area contributed by atoms with Crippen molar-refractivity contribution in [2.75, 3.05) is 0 Å². The molecule has 12 heavy (non-hydrogen) atoms. The largest absolute Gasteiger partial charge is 0.0885 e. The molecule has 0 unspecified atom stereocenters. The van der Waals surface area contributed by atoms with Gasteiger partial charge < -0.3 is 0 Å². The van der Waals surface area contributed by atoms with Gasteiger partial charge in [0.15, 0.2) is 0 Å². The predicted molar refractivity (Wildman–Crippen MR) is 54.9 cm³/mol. The first-order valence-electron chi connectivity index (χ1n) is 5.12. The Bertz CT molecular complexity index is 126. The topological polar surface area (TPSA) is 0 Å². The molecule has 0 aromatic carbocycles. The Balaban J connectivity index is 2.19. The summed E-state index contributed by atoms with van der Waals surface area (Å²) in [5, 5.41) is 0. The Morgan fingerprint density at radius 3 is 1.58 bits per heavy atom. The van der Waals surface area contributed by atoms with Gasteiger partial charge in [0, 0.05) is 0 Å². The van der Waals surface area contributed by atoms with Gasteiger partial charge in [0.05, 0.1) is 0 Å². The number of hydrogen-bond donors (Lipinski definition) is 0. The van der Waals surface area contributed by atoms with Crippen LogP contribution in [-0.2, 0) is 0 Å². The van der Waals surface area contributed by atoms with E-state index in [1.807, 2.05) is 0 Å². The summed E-state index contributed by atoms with van der Waals surface area (Å²) in [5.74, 6) is 0. The van der Waals surface area contributed by atoms with E-state index in [4.69, 9.17) is 0 Å². The van der Waals surface area contributed by atoms with Gasteiger partial charge in [0.2, 0.25) is 0 Å². The molecule has 0 aliphatic heterocycles. The number of rotatable bonds is 0. The highest BCUT2D eigenvalue weighted by Gasteiger charge is 1.88. The quantitative estimate of drug-likeness (QED) is 0.473. The molecule has 0 spiro atoms. The fraction of sp³-hybridized carbons (Fsp3) is 0.583. The third kappa shape index (κ3) is 5.17. The van der Waals surface area contributed by atoms with E-state index in [2.05, 4.69) is 30.7 Å². The highest BCUT2D eigenvalue weighted by Crippen LogP contribution is 2.07. The van der Waals surface area contributed by atoms with E-state index in [-0.39, 0.29) is 0 Å². The van der Waals surface area contributed by atoms with Crippen molar-refractivity contribution in [2.45, 2.75) is 44.9 Å². The molecule has 0 bridgehead atoms. The first-order valence-corrected chi connectivity index (χ1v) is 5.12. The smallest absolute Gasteiger partial charge is 0.0348 e. The predicted octanol–water partition coefficient (Wildman–Crippen LogP) is 4.05. The average molecular weight is 163 g/mol. The molecule has 1 aliphatic carbocycles. The van der Waals surface area contributed by atoms with Crippen LogP contribution < -0.4 is 0 Å². The molecule has 1 rings (SSSR count). The van der Waals surface area contributed by atoms with Crippen molar-refractivity contribution in [3.8, 4) is 0 Å². The van der Waals surface area contributed by atoms with Crippen molar-refractivity contribution in [3.63, 3.8) is 0 Å². The van der Waals surface area contributed by atoms with E-state index in [1.165, 1.54) is 44.9 Å². The second kappa shape index (κ2) is 7.15. The lowest BCUT2D eigenvalue weighted by Gasteiger charge is -1.97. The van der Waals surface area contributed by atoms with Gasteiger partial charge >= 0.3 is 0 Å². The minimum Gasteiger partial charge on any atom is -0.0885 e. The van der Waals surface area contributed by atoms with E-state index in [1.54, 1.807) is 0 Å². The Labute approximate surface area is 76.4 Å². The monoisotopic (exact) mass is 163 g/mol. The van der Waals surface area contributed by atoms with Crippen LogP contribution >= 0.6 is 0 Å². The Morgan fingerprint density at radius 1 is 0.500 bits per heavy atom. The molecule has 0 N–H and O–H groups in total. The summed E-state index contributed by atoms with van der Waals surface area (Å²) in [7, 11) is 0. The van der Waals surface area contributed by atoms with Crippen LogP contribution in [0.5, 0.6) is 0 Å². The fourth-order valence-electron chi connectivity index (χ4n) is 1.40. The zero-order valence-electron chi connectivity index (χ0n) is 7.84. The molecule has 67 valence electrons. The van der Waals surface area contributed by atoms with E-state index in [0.717, 1.165) is 0 Å². The second-order valence-electron chi connectivity index (χ2n) is 3.32. The summed E-state index contributed by atoms with van der Waals surface area (Å²) in [6.45, 7) is 0. The van der Waals surface area contributed by atoms with Crippen molar-refractivity contribution in [2.24, 2.45) is 0 Å². The van der Waals surface area contributed by atoms with Crippen molar-refractivity contribution in [1.82, 2.24) is 0 Å². The summed E-state index contributed by atoms with van der Waals surface area (Å²) < 4.78 is 0. The maximum absolute atomic E-state index is 2.40. The first-order chi connectivity index (χ1) is 6.00. The molecule has 0 nitrogen and oxygen atoms in total. The zero-order chi connectivity index (χ0) is 8.49. The molecule has 0 saturated carbocycles. The minimum atomic E-state index is 1.24. The van der Waals surface area contributed by atoms with E-state index in [9.17, 15) is 0 Å². The van der Waals surface area contributed by atoms with Crippen molar-refractivity contribution < 1.29 is 0 Å². The summed E-state index contributed by atoms with van der Waals surface area (Å²) >= 11 is 0. The van der Waals surface area contributed by atoms with Crippen LogP contribution in [0.25, 0.3) is 0 Å². The van der Waals surface area contributed by atoms with Crippen LogP contribution in [0.2, 0.25) is 0 Å². The van der Waals surface area contributed by atoms with Crippen LogP contribution in [0, 0.1) is 6.42 Å². The third-order valence-corrected chi connectivity index (χ3v) is 2.15. The molecule has 0 fully saturated rings. The molecular weight excluding hydrogens is 144 g/mol. The van der Waals surface area contributed by atoms with Gasteiger partial charge in [-0.15, -0.1) is 0 Å². The summed E-state index contributed by atoms with van der Waals surface area (Å²) in [6.07, 6.45) is 20.5. The molecule has 0 amide bonds. The highest BCUT2D eigenvalue weighted by molar-refractivity contribution is 4.89. The average Bonchev–Trinajstić information content (AvgIpc) is 2.05. The summed E-state index contributed by atoms with van der Waals surface area (Å²) in [6, 6.07) is 0. The molecule has 0 heteroatoms. The van der Waals surface area contributed by atoms with Gasteiger partial charge in [-0.05, 0) is 51.4 Å². The van der Waals surface area contributed by atoms with Crippen LogP contribution in [0.4, 0.5) is 0 Å². The molecule has 1 radical (unpaired) electrons. The second-order valence-corrected chi connectivity index (χ2v) is 3.32. The van der Waals surface area contributed by atoms with E-state index >= 15 is 0 Å². The van der Waals surface area contributed by atoms with Gasteiger partial charge in [0.25, 0.3) is 0 Å². The van der Waals surface area contributed by atoms with Crippen molar-refractivity contribution in [1.29, 1.82) is 0 Å². The number of allylic oxidation sites excluding steroid dienone is 4. The maximum atomic E-state index is 2.40. The van der Waals surface area contributed by atoms with Gasteiger partial charge in [-0.2, -0.15) is 0 Å². The SMILES string of the molecule is [CH]1CC/C=C\CCC/C=C\CC1. The minimum absolute atomic E-state index is 1.24. The molecular formula is C12H19. The van der Waals surface area contributed by atoms with Crippen molar-refractivity contribution in [3.05, 3.63) is 30.7 Å². The molecule has 0 aromatic heterocycles. The lowest BCUT2D eigenvalue weighted by atomic mass is 10.1. The van der Waals surface area contributed by atoms with E-state index < -0.39 is 0 Å². The normalized spacial score (nSPS) is 26.7. The van der Waals surface area contributed by atoms with Gasteiger partial charge in [-0.3, -0.25) is 0 Å². The summed E-state index contributed by atoms with van der Waals surface area (Å²) in [5.41, 5.74) is 0. The molecule has 1 aliphatic rings. The van der Waals surface area contributed by atoms with Gasteiger partial charge in [-0.1, -0.05) is 24.3 Å². The molecule has 0 heterocycles. The molecule has 0 saturated heterocycles. The lowest BCUT2D eigenvalue weighted by molar-refractivity contribution is 0.822. The lowest BCUT2D eigenvalue weighted by Crippen LogP contribution is -1.78. The first kappa shape index (κ1) is 9.57. The summed E-state index contributed by atoms with van der Waals surface area (Å²) in [4.78, 5) is 0. The Hall–Kier alpha value is -0.520. The third-order valence-electron chi connectivity index (χ3n) is 2.15. The fourth-order valence-corrected chi connectivity index (χ4v) is 1.40. The highest BCUT2D eigenvalue weighted by atomic mass is 13.9.